The number of nitrogens with two attached hydrogens (primary N) is 1. The summed E-state index contributed by atoms with van der Waals surface area (Å²) < 4.78 is 0. The number of likely N-dealkylation sites (tertiary alicyclic amines) is 2. The predicted molar refractivity (Wildman–Crippen MR) is 77.9 cm³/mol. The van der Waals surface area contributed by atoms with Crippen molar-refractivity contribution >= 4 is 5.91 Å². The number of nitrogens with zero attached hydrogens (tertiary/aromatic N) is 2. The van der Waals surface area contributed by atoms with Crippen molar-refractivity contribution < 1.29 is 4.79 Å². The van der Waals surface area contributed by atoms with Crippen LogP contribution in [0.3, 0.4) is 0 Å². The fourth-order valence-electron chi connectivity index (χ4n) is 3.54. The summed E-state index contributed by atoms with van der Waals surface area (Å²) in [5, 5.41) is 0. The summed E-state index contributed by atoms with van der Waals surface area (Å²) >= 11 is 0. The fourth-order valence-corrected chi connectivity index (χ4v) is 3.54. The van der Waals surface area contributed by atoms with Gasteiger partial charge in [-0.1, -0.05) is 0 Å². The monoisotopic (exact) mass is 267 g/mol. The number of hydrogen-bond acceptors (Lipinski definition) is 3. The molecule has 0 aromatic carbocycles. The molecule has 0 saturated carbocycles. The highest BCUT2D eigenvalue weighted by Crippen LogP contribution is 2.28. The molecule has 0 aromatic rings. The van der Waals surface area contributed by atoms with Crippen molar-refractivity contribution in [3.05, 3.63) is 0 Å². The minimum atomic E-state index is -0.0954. The molecular formula is C15H29N3O. The van der Waals surface area contributed by atoms with Gasteiger partial charge in [-0.05, 0) is 58.5 Å². The molecule has 2 unspecified atom stereocenters. The summed E-state index contributed by atoms with van der Waals surface area (Å²) in [5.41, 5.74) is 5.81. The molecular weight excluding hydrogens is 238 g/mol. The lowest BCUT2D eigenvalue weighted by molar-refractivity contribution is -0.139. The van der Waals surface area contributed by atoms with Crippen molar-refractivity contribution in [1.82, 2.24) is 9.80 Å². The zero-order chi connectivity index (χ0) is 13.9. The van der Waals surface area contributed by atoms with E-state index in [2.05, 4.69) is 23.8 Å². The van der Waals surface area contributed by atoms with Crippen LogP contribution in [0.2, 0.25) is 0 Å². The van der Waals surface area contributed by atoms with Crippen LogP contribution in [0.15, 0.2) is 0 Å². The van der Waals surface area contributed by atoms with Crippen LogP contribution in [0.4, 0.5) is 0 Å². The summed E-state index contributed by atoms with van der Waals surface area (Å²) in [6.07, 6.45) is 6.38. The van der Waals surface area contributed by atoms with Gasteiger partial charge in [0.15, 0.2) is 0 Å². The van der Waals surface area contributed by atoms with Crippen molar-refractivity contribution in [3.63, 3.8) is 0 Å². The number of carbonyl (C=O) groups is 1. The molecule has 1 amide bonds. The van der Waals surface area contributed by atoms with Crippen LogP contribution in [-0.2, 0) is 4.79 Å². The molecule has 0 radical (unpaired) electrons. The first-order valence-electron chi connectivity index (χ1n) is 7.74. The van der Waals surface area contributed by atoms with Crippen molar-refractivity contribution in [3.8, 4) is 0 Å². The molecule has 2 atom stereocenters. The van der Waals surface area contributed by atoms with Crippen LogP contribution in [0.25, 0.3) is 0 Å². The lowest BCUT2D eigenvalue weighted by Crippen LogP contribution is -2.56. The SMILES string of the molecule is CN1CCC(CCC(=O)N2CCCCC2(C)CN)C1. The standard InChI is InChI=1S/C15H29N3O/c1-15(12-16)8-3-4-9-18(15)14(19)6-5-13-7-10-17(2)11-13/h13H,3-12,16H2,1-2H3. The van der Waals surface area contributed by atoms with E-state index >= 15 is 0 Å². The number of rotatable bonds is 4. The maximum Gasteiger partial charge on any atom is 0.223 e. The van der Waals surface area contributed by atoms with Gasteiger partial charge in [0.05, 0.1) is 5.54 Å². The Hall–Kier alpha value is -0.610. The van der Waals surface area contributed by atoms with Gasteiger partial charge in [-0.25, -0.2) is 0 Å². The van der Waals surface area contributed by atoms with Gasteiger partial charge < -0.3 is 15.5 Å². The van der Waals surface area contributed by atoms with E-state index in [1.54, 1.807) is 0 Å². The molecule has 4 heteroatoms. The van der Waals surface area contributed by atoms with E-state index in [4.69, 9.17) is 5.73 Å². The predicted octanol–water partition coefficient (Wildman–Crippen LogP) is 1.45. The molecule has 0 bridgehead atoms. The van der Waals surface area contributed by atoms with E-state index in [0.717, 1.165) is 32.4 Å². The highest BCUT2D eigenvalue weighted by molar-refractivity contribution is 5.77. The highest BCUT2D eigenvalue weighted by Gasteiger charge is 2.36. The van der Waals surface area contributed by atoms with E-state index in [1.807, 2.05) is 0 Å². The van der Waals surface area contributed by atoms with Crippen molar-refractivity contribution in [2.45, 2.75) is 51.0 Å². The summed E-state index contributed by atoms with van der Waals surface area (Å²) in [6.45, 7) is 5.97. The van der Waals surface area contributed by atoms with Crippen LogP contribution in [-0.4, -0.2) is 54.5 Å². The van der Waals surface area contributed by atoms with E-state index in [-0.39, 0.29) is 5.54 Å². The maximum atomic E-state index is 12.5. The first-order valence-corrected chi connectivity index (χ1v) is 7.74. The van der Waals surface area contributed by atoms with E-state index < -0.39 is 0 Å². The third-order valence-corrected chi connectivity index (χ3v) is 4.99. The summed E-state index contributed by atoms with van der Waals surface area (Å²) in [7, 11) is 2.16. The second kappa shape index (κ2) is 6.23. The van der Waals surface area contributed by atoms with Crippen LogP contribution in [0.1, 0.15) is 45.4 Å². The first kappa shape index (κ1) is 14.8. The molecule has 2 rings (SSSR count). The first-order chi connectivity index (χ1) is 9.05. The van der Waals surface area contributed by atoms with E-state index in [0.29, 0.717) is 24.8 Å². The molecule has 2 N–H and O–H groups in total. The van der Waals surface area contributed by atoms with Crippen molar-refractivity contribution in [1.29, 1.82) is 0 Å². The Labute approximate surface area is 117 Å². The van der Waals surface area contributed by atoms with Crippen molar-refractivity contribution in [2.24, 2.45) is 11.7 Å². The van der Waals surface area contributed by atoms with Gasteiger partial charge in [-0.15, -0.1) is 0 Å². The van der Waals surface area contributed by atoms with Crippen molar-refractivity contribution in [2.75, 3.05) is 33.2 Å². The average Bonchev–Trinajstić information content (AvgIpc) is 2.82. The van der Waals surface area contributed by atoms with Crippen LogP contribution >= 0.6 is 0 Å². The number of carbonyl (C=O) groups excluding carboxylic acids is 1. The molecule has 2 heterocycles. The third kappa shape index (κ3) is 3.48. The second-order valence-electron chi connectivity index (χ2n) is 6.66. The Balaban J connectivity index is 1.84. The number of piperidine rings is 1. The van der Waals surface area contributed by atoms with Gasteiger partial charge in [0.2, 0.25) is 5.91 Å². The Bertz CT molecular complexity index is 321. The molecule has 2 fully saturated rings. The maximum absolute atomic E-state index is 12.5. The van der Waals surface area contributed by atoms with E-state index in [9.17, 15) is 4.79 Å². The van der Waals surface area contributed by atoms with E-state index in [1.165, 1.54) is 19.4 Å². The Morgan fingerprint density at radius 1 is 1.37 bits per heavy atom. The second-order valence-corrected chi connectivity index (χ2v) is 6.66. The summed E-state index contributed by atoms with van der Waals surface area (Å²) in [4.78, 5) is 16.9. The lowest BCUT2D eigenvalue weighted by Gasteiger charge is -2.44. The van der Waals surface area contributed by atoms with Gasteiger partial charge in [-0.2, -0.15) is 0 Å². The molecule has 2 saturated heterocycles. The Kier molecular flexibility index (Phi) is 4.85. The lowest BCUT2D eigenvalue weighted by atomic mass is 9.87. The zero-order valence-electron chi connectivity index (χ0n) is 12.5. The van der Waals surface area contributed by atoms with Crippen LogP contribution in [0.5, 0.6) is 0 Å². The van der Waals surface area contributed by atoms with Crippen LogP contribution < -0.4 is 5.73 Å². The smallest absolute Gasteiger partial charge is 0.223 e. The summed E-state index contributed by atoms with van der Waals surface area (Å²) in [6, 6.07) is 0. The Morgan fingerprint density at radius 2 is 2.16 bits per heavy atom. The zero-order valence-corrected chi connectivity index (χ0v) is 12.5. The van der Waals surface area contributed by atoms with Gasteiger partial charge >= 0.3 is 0 Å². The highest BCUT2D eigenvalue weighted by atomic mass is 16.2. The van der Waals surface area contributed by atoms with Gasteiger partial charge in [0.1, 0.15) is 0 Å². The molecule has 0 spiro atoms. The Morgan fingerprint density at radius 3 is 2.79 bits per heavy atom. The third-order valence-electron chi connectivity index (χ3n) is 4.99. The molecule has 19 heavy (non-hydrogen) atoms. The molecule has 2 aliphatic rings. The minimum absolute atomic E-state index is 0.0954. The fraction of sp³-hybridized carbons (Fsp3) is 0.933. The topological polar surface area (TPSA) is 49.6 Å². The average molecular weight is 267 g/mol. The summed E-state index contributed by atoms with van der Waals surface area (Å²) in [5.74, 6) is 1.03. The number of amides is 1. The quantitative estimate of drug-likeness (QED) is 0.838. The molecule has 110 valence electrons. The molecule has 0 aliphatic carbocycles. The van der Waals surface area contributed by atoms with Gasteiger partial charge in [0, 0.05) is 26.1 Å². The molecule has 4 nitrogen and oxygen atoms in total. The van der Waals surface area contributed by atoms with Gasteiger partial charge in [0.25, 0.3) is 0 Å². The normalized spacial score (nSPS) is 32.8. The van der Waals surface area contributed by atoms with Crippen LogP contribution in [0, 0.1) is 5.92 Å². The molecule has 2 aliphatic heterocycles. The van der Waals surface area contributed by atoms with Gasteiger partial charge in [-0.3, -0.25) is 4.79 Å². The molecule has 0 aromatic heterocycles. The minimum Gasteiger partial charge on any atom is -0.336 e. The largest absolute Gasteiger partial charge is 0.336 e. The number of hydrogen-bond donors (Lipinski definition) is 1.